The van der Waals surface area contributed by atoms with Crippen molar-refractivity contribution in [1.82, 2.24) is 0 Å². The zero-order valence-electron chi connectivity index (χ0n) is 21.3. The van der Waals surface area contributed by atoms with Crippen LogP contribution in [0, 0.1) is 0 Å². The molecule has 34 heavy (non-hydrogen) atoms. The third-order valence-electron chi connectivity index (χ3n) is 6.14. The number of hydrogen-bond donors (Lipinski definition) is 2. The van der Waals surface area contributed by atoms with E-state index in [0.717, 1.165) is 32.1 Å². The van der Waals surface area contributed by atoms with Gasteiger partial charge in [-0.3, -0.25) is 9.28 Å². The zero-order chi connectivity index (χ0) is 24.6. The molecule has 192 valence electrons. The number of amidine groups is 1. The molecule has 1 rings (SSSR count). The molecule has 0 amide bonds. The first-order valence-electron chi connectivity index (χ1n) is 12.6. The number of hydrogen-bond acceptors (Lipinski definition) is 7. The maximum Gasteiger partial charge on any atom is 1.00 e. The van der Waals surface area contributed by atoms with Crippen molar-refractivity contribution in [2.45, 2.75) is 90.1 Å². The van der Waals surface area contributed by atoms with Crippen LogP contribution in [0.4, 0.5) is 0 Å². The number of Topliss-reactive ketones (excluding diaryl/α,β-unsaturated/α-hetero) is 1. The van der Waals surface area contributed by atoms with Gasteiger partial charge in [0.15, 0.2) is 0 Å². The third kappa shape index (κ3) is 14.4. The predicted octanol–water partition coefficient (Wildman–Crippen LogP) is -0.0559. The van der Waals surface area contributed by atoms with Gasteiger partial charge in [-0.2, -0.15) is 0 Å². The molecule has 2 N–H and O–H groups in total. The molecule has 0 spiro atoms. The standard InChI is InChI=1S/C24H44N2O6S.Na/c1-2-3-4-5-6-7-8-9-10-11-12-13-14-15-23(29)24-25-16-17-26(24,18-19-27)20-22(28)21-33(30,31)32;/h6-7,22,27-28H,2-5,8-21H2,1H3;/q;+1/b7-6+;. The molecule has 0 aromatic heterocycles. The molecule has 0 aliphatic carbocycles. The zero-order valence-corrected chi connectivity index (χ0v) is 24.1. The Hall–Kier alpha value is -0.130. The summed E-state index contributed by atoms with van der Waals surface area (Å²) in [5.41, 5.74) is 0. The molecule has 0 radical (unpaired) electrons. The van der Waals surface area contributed by atoms with E-state index in [9.17, 15) is 28.0 Å². The minimum Gasteiger partial charge on any atom is -0.748 e. The van der Waals surface area contributed by atoms with Crippen LogP contribution in [-0.2, 0) is 14.9 Å². The van der Waals surface area contributed by atoms with Crippen LogP contribution in [0.3, 0.4) is 0 Å². The van der Waals surface area contributed by atoms with Gasteiger partial charge < -0.3 is 14.8 Å². The minimum absolute atomic E-state index is 0. The quantitative estimate of drug-likeness (QED) is 0.0775. The van der Waals surface area contributed by atoms with Gasteiger partial charge >= 0.3 is 29.6 Å². The van der Waals surface area contributed by atoms with Gasteiger partial charge in [-0.25, -0.2) is 13.4 Å². The summed E-state index contributed by atoms with van der Waals surface area (Å²) in [5, 5.41) is 19.6. The van der Waals surface area contributed by atoms with Crippen LogP contribution < -0.4 is 29.6 Å². The average molecular weight is 512 g/mol. The smallest absolute Gasteiger partial charge is 0.748 e. The molecule has 10 heteroatoms. The predicted molar refractivity (Wildman–Crippen MR) is 130 cm³/mol. The Labute approximate surface area is 228 Å². The number of rotatable bonds is 20. The Balaban J connectivity index is 0.0000109. The Kier molecular flexibility index (Phi) is 19.0. The van der Waals surface area contributed by atoms with Crippen molar-refractivity contribution in [1.29, 1.82) is 0 Å². The van der Waals surface area contributed by atoms with Crippen molar-refractivity contribution in [3.05, 3.63) is 12.2 Å². The summed E-state index contributed by atoms with van der Waals surface area (Å²) in [5.74, 6) is -0.738. The van der Waals surface area contributed by atoms with E-state index in [-0.39, 0.29) is 65.4 Å². The largest absolute Gasteiger partial charge is 1.00 e. The van der Waals surface area contributed by atoms with E-state index >= 15 is 0 Å². The Bertz CT molecular complexity index is 729. The molecule has 1 aliphatic rings. The van der Waals surface area contributed by atoms with Crippen LogP contribution in [0.15, 0.2) is 17.1 Å². The number of carbonyl (C=O) groups is 1. The first kappa shape index (κ1) is 33.9. The molecule has 1 aliphatic heterocycles. The van der Waals surface area contributed by atoms with Gasteiger partial charge in [-0.15, -0.1) is 0 Å². The molecule has 2 unspecified atom stereocenters. The first-order chi connectivity index (χ1) is 15.7. The number of unbranched alkanes of at least 4 members (excludes halogenated alkanes) is 9. The number of ketones is 1. The molecule has 0 bridgehead atoms. The van der Waals surface area contributed by atoms with E-state index < -0.39 is 22.0 Å². The van der Waals surface area contributed by atoms with E-state index in [2.05, 4.69) is 24.1 Å². The van der Waals surface area contributed by atoms with Crippen molar-refractivity contribution >= 4 is 21.7 Å². The van der Waals surface area contributed by atoms with Crippen molar-refractivity contribution in [2.75, 3.05) is 38.5 Å². The van der Waals surface area contributed by atoms with Crippen molar-refractivity contribution in [2.24, 2.45) is 4.99 Å². The summed E-state index contributed by atoms with van der Waals surface area (Å²) >= 11 is 0. The summed E-state index contributed by atoms with van der Waals surface area (Å²) in [6.07, 6.45) is 16.0. The topological polar surface area (TPSA) is 127 Å². The second-order valence-electron chi connectivity index (χ2n) is 9.13. The van der Waals surface area contributed by atoms with Crippen molar-refractivity contribution in [3.63, 3.8) is 0 Å². The van der Waals surface area contributed by atoms with Crippen LogP contribution in [0.25, 0.3) is 0 Å². The number of quaternary nitrogens is 1. The van der Waals surface area contributed by atoms with Crippen LogP contribution in [-0.4, -0.2) is 83.9 Å². The van der Waals surface area contributed by atoms with Gasteiger partial charge in [-0.05, 0) is 32.1 Å². The maximum absolute atomic E-state index is 12.8. The van der Waals surface area contributed by atoms with Crippen molar-refractivity contribution < 1.29 is 62.0 Å². The van der Waals surface area contributed by atoms with E-state index in [1.807, 2.05) is 0 Å². The Morgan fingerprint density at radius 1 is 1.09 bits per heavy atom. The van der Waals surface area contributed by atoms with Gasteiger partial charge in [0, 0.05) is 6.42 Å². The van der Waals surface area contributed by atoms with Gasteiger partial charge in [0.25, 0.3) is 5.84 Å². The molecule has 0 saturated carbocycles. The minimum atomic E-state index is -4.58. The van der Waals surface area contributed by atoms with Crippen LogP contribution in [0.1, 0.15) is 84.0 Å². The molecule has 0 saturated heterocycles. The molecule has 0 aromatic carbocycles. The van der Waals surface area contributed by atoms with Gasteiger partial charge in [-0.1, -0.05) is 57.6 Å². The average Bonchev–Trinajstić information content (AvgIpc) is 3.13. The summed E-state index contributed by atoms with van der Waals surface area (Å²) in [7, 11) is -4.58. The second kappa shape index (κ2) is 19.0. The second-order valence-corrected chi connectivity index (χ2v) is 10.6. The summed E-state index contributed by atoms with van der Waals surface area (Å²) in [6.45, 7) is 2.83. The van der Waals surface area contributed by atoms with Crippen LogP contribution >= 0.6 is 0 Å². The molecular weight excluding hydrogens is 467 g/mol. The van der Waals surface area contributed by atoms with E-state index in [1.54, 1.807) is 0 Å². The van der Waals surface area contributed by atoms with E-state index in [0.29, 0.717) is 19.5 Å². The number of aliphatic imine (C=N–C) groups is 1. The first-order valence-corrected chi connectivity index (χ1v) is 14.1. The van der Waals surface area contributed by atoms with Crippen LogP contribution in [0.5, 0.6) is 0 Å². The van der Waals surface area contributed by atoms with E-state index in [1.165, 1.54) is 38.5 Å². The number of aliphatic hydroxyl groups excluding tert-OH is 2. The fourth-order valence-electron chi connectivity index (χ4n) is 4.44. The van der Waals surface area contributed by atoms with Gasteiger partial charge in [0.1, 0.15) is 25.7 Å². The summed E-state index contributed by atoms with van der Waals surface area (Å²) in [4.78, 5) is 17.1. The molecular formula is C24H44N2NaO6S+. The summed E-state index contributed by atoms with van der Waals surface area (Å²) < 4.78 is 32.9. The number of aliphatic hydroxyl groups is 2. The molecule has 1 heterocycles. The number of nitrogens with zero attached hydrogens (tertiary/aromatic N) is 2. The van der Waals surface area contributed by atoms with Crippen LogP contribution in [0.2, 0.25) is 0 Å². The number of carbonyl (C=O) groups excluding carboxylic acids is 1. The van der Waals surface area contributed by atoms with Gasteiger partial charge in [0.05, 0.1) is 29.0 Å². The number of allylic oxidation sites excluding steroid dienone is 2. The normalized spacial score (nSPS) is 19.2. The SMILES string of the molecule is CCCCC/C=C/CCCCCCCCC(=O)C1=NCC[N+]1(CCO)CC(O)CS(=O)(=O)[O-].[Na+]. The fraction of sp³-hybridized carbons (Fsp3) is 0.833. The van der Waals surface area contributed by atoms with Gasteiger partial charge in [0.2, 0.25) is 5.78 Å². The van der Waals surface area contributed by atoms with E-state index in [4.69, 9.17) is 0 Å². The molecule has 2 atom stereocenters. The Morgan fingerprint density at radius 2 is 1.68 bits per heavy atom. The maximum atomic E-state index is 12.8. The van der Waals surface area contributed by atoms with Crippen molar-refractivity contribution in [3.8, 4) is 0 Å². The summed E-state index contributed by atoms with van der Waals surface area (Å²) in [6, 6.07) is 0. The fourth-order valence-corrected chi connectivity index (χ4v) is 5.02. The third-order valence-corrected chi connectivity index (χ3v) is 6.93. The Morgan fingerprint density at radius 3 is 2.26 bits per heavy atom. The monoisotopic (exact) mass is 511 g/mol. The molecule has 0 aromatic rings. The molecule has 0 fully saturated rings. The molecule has 8 nitrogen and oxygen atoms in total.